The minimum Gasteiger partial charge on any atom is -0.506 e. The van der Waals surface area contributed by atoms with E-state index in [4.69, 9.17) is 0 Å². The van der Waals surface area contributed by atoms with Crippen molar-refractivity contribution in [2.75, 3.05) is 38.1 Å². The maximum Gasteiger partial charge on any atom is 0.194 e. The maximum atomic E-state index is 14.6. The number of piperazine rings is 1. The van der Waals surface area contributed by atoms with Crippen LogP contribution in [0.4, 0.5) is 10.1 Å². The van der Waals surface area contributed by atoms with Crippen LogP contribution in [0.15, 0.2) is 59.9 Å². The molecule has 2 aromatic carbocycles. The first-order valence-electron chi connectivity index (χ1n) is 10.3. The molecule has 0 unspecified atom stereocenters. The van der Waals surface area contributed by atoms with E-state index in [1.54, 1.807) is 42.2 Å². The number of aromatic nitrogens is 2. The minimum absolute atomic E-state index is 0.285. The van der Waals surface area contributed by atoms with Gasteiger partial charge in [-0.1, -0.05) is 18.2 Å². The van der Waals surface area contributed by atoms with Crippen LogP contribution >= 0.6 is 0 Å². The number of guanidine groups is 1. The number of nitrogens with zero attached hydrogens (tertiary/aromatic N) is 5. The third kappa shape index (κ3) is 4.47. The monoisotopic (exact) mass is 422 g/mol. The molecule has 8 heteroatoms. The summed E-state index contributed by atoms with van der Waals surface area (Å²) >= 11 is 0. The summed E-state index contributed by atoms with van der Waals surface area (Å²) < 4.78 is 16.4. The molecule has 7 nitrogen and oxygen atoms in total. The van der Waals surface area contributed by atoms with Gasteiger partial charge in [-0.3, -0.25) is 4.99 Å². The maximum absolute atomic E-state index is 14.6. The summed E-state index contributed by atoms with van der Waals surface area (Å²) in [5.74, 6) is 1.54. The molecule has 4 rings (SSSR count). The SMILES string of the molecule is CN=C(NCc1ccc(-n2ccnc2C)c(F)c1)N1CCN(c2ccccc2O)CC1. The lowest BCUT2D eigenvalue weighted by Gasteiger charge is -2.37. The number of phenolic OH excluding ortho intramolecular Hbond substituents is 1. The Balaban J connectivity index is 1.36. The molecule has 162 valence electrons. The van der Waals surface area contributed by atoms with E-state index in [-0.39, 0.29) is 5.82 Å². The van der Waals surface area contributed by atoms with Crippen molar-refractivity contribution in [1.29, 1.82) is 0 Å². The molecule has 1 aromatic heterocycles. The number of phenols is 1. The summed E-state index contributed by atoms with van der Waals surface area (Å²) in [6, 6.07) is 12.6. The molecule has 2 heterocycles. The van der Waals surface area contributed by atoms with E-state index in [1.165, 1.54) is 0 Å². The van der Waals surface area contributed by atoms with E-state index < -0.39 is 0 Å². The molecule has 0 aliphatic carbocycles. The summed E-state index contributed by atoms with van der Waals surface area (Å²) in [6.07, 6.45) is 3.41. The summed E-state index contributed by atoms with van der Waals surface area (Å²) in [4.78, 5) is 12.9. The van der Waals surface area contributed by atoms with Crippen LogP contribution in [0.2, 0.25) is 0 Å². The van der Waals surface area contributed by atoms with Crippen LogP contribution in [0.5, 0.6) is 5.75 Å². The Labute approximate surface area is 181 Å². The molecule has 1 fully saturated rings. The predicted octanol–water partition coefficient (Wildman–Crippen LogP) is 2.92. The average molecular weight is 423 g/mol. The van der Waals surface area contributed by atoms with Crippen molar-refractivity contribution in [2.24, 2.45) is 4.99 Å². The molecule has 1 saturated heterocycles. The zero-order valence-corrected chi connectivity index (χ0v) is 17.8. The number of hydrogen-bond acceptors (Lipinski definition) is 4. The highest BCUT2D eigenvalue weighted by Crippen LogP contribution is 2.27. The summed E-state index contributed by atoms with van der Waals surface area (Å²) in [5.41, 5.74) is 2.19. The van der Waals surface area contributed by atoms with Gasteiger partial charge >= 0.3 is 0 Å². The van der Waals surface area contributed by atoms with Crippen LogP contribution in [0.25, 0.3) is 5.69 Å². The Morgan fingerprint density at radius 2 is 1.90 bits per heavy atom. The van der Waals surface area contributed by atoms with E-state index >= 15 is 0 Å². The predicted molar refractivity (Wildman–Crippen MR) is 120 cm³/mol. The summed E-state index contributed by atoms with van der Waals surface area (Å²) in [7, 11) is 1.75. The normalized spacial score (nSPS) is 14.7. The number of imidazole rings is 1. The fraction of sp³-hybridized carbons (Fsp3) is 0.304. The molecule has 0 bridgehead atoms. The number of aromatic hydroxyl groups is 1. The van der Waals surface area contributed by atoms with Crippen LogP contribution in [-0.2, 0) is 6.54 Å². The molecule has 0 amide bonds. The third-order valence-corrected chi connectivity index (χ3v) is 5.56. The molecule has 1 aliphatic rings. The third-order valence-electron chi connectivity index (χ3n) is 5.56. The second-order valence-corrected chi connectivity index (χ2v) is 7.49. The first kappa shape index (κ1) is 20.7. The highest BCUT2D eigenvalue weighted by molar-refractivity contribution is 5.80. The van der Waals surface area contributed by atoms with Crippen molar-refractivity contribution in [3.63, 3.8) is 0 Å². The molecule has 0 spiro atoms. The Bertz CT molecular complexity index is 1070. The lowest BCUT2D eigenvalue weighted by molar-refractivity contribution is 0.369. The number of halogens is 1. The van der Waals surface area contributed by atoms with Crippen LogP contribution in [0, 0.1) is 12.7 Å². The van der Waals surface area contributed by atoms with Crippen LogP contribution in [-0.4, -0.2) is 58.7 Å². The van der Waals surface area contributed by atoms with Gasteiger partial charge in [-0.05, 0) is 36.8 Å². The fourth-order valence-electron chi connectivity index (χ4n) is 3.89. The number of aryl methyl sites for hydroxylation is 1. The van der Waals surface area contributed by atoms with Crippen molar-refractivity contribution >= 4 is 11.6 Å². The zero-order valence-electron chi connectivity index (χ0n) is 17.8. The largest absolute Gasteiger partial charge is 0.506 e. The summed E-state index contributed by atoms with van der Waals surface area (Å²) in [6.45, 7) is 5.45. The first-order chi connectivity index (χ1) is 15.1. The van der Waals surface area contributed by atoms with Crippen molar-refractivity contribution in [2.45, 2.75) is 13.5 Å². The second kappa shape index (κ2) is 9.07. The zero-order chi connectivity index (χ0) is 21.8. The number of para-hydroxylation sites is 2. The fourth-order valence-corrected chi connectivity index (χ4v) is 3.89. The topological polar surface area (TPSA) is 68.9 Å². The van der Waals surface area contributed by atoms with Gasteiger partial charge in [-0.2, -0.15) is 0 Å². The minimum atomic E-state index is -0.285. The molecule has 0 atom stereocenters. The van der Waals surface area contributed by atoms with E-state index in [0.29, 0.717) is 18.0 Å². The van der Waals surface area contributed by atoms with Gasteiger partial charge < -0.3 is 24.8 Å². The summed E-state index contributed by atoms with van der Waals surface area (Å²) in [5, 5.41) is 13.4. The molecule has 0 saturated carbocycles. The van der Waals surface area contributed by atoms with Crippen LogP contribution in [0.1, 0.15) is 11.4 Å². The highest BCUT2D eigenvalue weighted by Gasteiger charge is 2.21. The van der Waals surface area contributed by atoms with Gasteiger partial charge in [-0.15, -0.1) is 0 Å². The molecule has 0 radical (unpaired) electrons. The second-order valence-electron chi connectivity index (χ2n) is 7.49. The van der Waals surface area contributed by atoms with E-state index in [0.717, 1.165) is 49.2 Å². The number of benzene rings is 2. The lowest BCUT2D eigenvalue weighted by atomic mass is 10.2. The molecular formula is C23H27FN6O. The average Bonchev–Trinajstić information content (AvgIpc) is 3.21. The van der Waals surface area contributed by atoms with Gasteiger partial charge in [0, 0.05) is 52.2 Å². The molecule has 2 N–H and O–H groups in total. The molecular weight excluding hydrogens is 395 g/mol. The quantitative estimate of drug-likeness (QED) is 0.500. The Morgan fingerprint density at radius 1 is 1.13 bits per heavy atom. The van der Waals surface area contributed by atoms with Crippen molar-refractivity contribution in [3.05, 3.63) is 72.1 Å². The highest BCUT2D eigenvalue weighted by atomic mass is 19.1. The van der Waals surface area contributed by atoms with Crippen molar-refractivity contribution < 1.29 is 9.50 Å². The number of aliphatic imine (C=N–C) groups is 1. The van der Waals surface area contributed by atoms with Crippen molar-refractivity contribution in [3.8, 4) is 11.4 Å². The number of nitrogens with one attached hydrogen (secondary N) is 1. The molecule has 31 heavy (non-hydrogen) atoms. The van der Waals surface area contributed by atoms with E-state index in [1.807, 2.05) is 31.2 Å². The first-order valence-corrected chi connectivity index (χ1v) is 10.3. The lowest BCUT2D eigenvalue weighted by Crippen LogP contribution is -2.52. The molecule has 3 aromatic rings. The van der Waals surface area contributed by atoms with Gasteiger partial charge in [0.25, 0.3) is 0 Å². The van der Waals surface area contributed by atoms with Gasteiger partial charge in [0.15, 0.2) is 5.96 Å². The number of anilines is 1. The van der Waals surface area contributed by atoms with E-state index in [9.17, 15) is 9.50 Å². The van der Waals surface area contributed by atoms with E-state index in [2.05, 4.69) is 25.1 Å². The number of hydrogen-bond donors (Lipinski definition) is 2. The Kier molecular flexibility index (Phi) is 6.06. The molecule has 1 aliphatic heterocycles. The van der Waals surface area contributed by atoms with Crippen LogP contribution in [0.3, 0.4) is 0 Å². The van der Waals surface area contributed by atoms with Gasteiger partial charge in [-0.25, -0.2) is 9.37 Å². The van der Waals surface area contributed by atoms with Crippen LogP contribution < -0.4 is 10.2 Å². The standard InChI is InChI=1S/C23H27FN6O/c1-17-26-9-10-30(17)20-8-7-18(15-19(20)24)16-27-23(25-2)29-13-11-28(12-14-29)21-5-3-4-6-22(21)31/h3-10,15,31H,11-14,16H2,1-2H3,(H,25,27). The van der Waals surface area contributed by atoms with Crippen molar-refractivity contribution in [1.82, 2.24) is 19.8 Å². The Hall–Kier alpha value is -3.55. The Morgan fingerprint density at radius 3 is 2.55 bits per heavy atom. The van der Waals surface area contributed by atoms with Gasteiger partial charge in [0.1, 0.15) is 17.4 Å². The number of rotatable bonds is 4. The van der Waals surface area contributed by atoms with Gasteiger partial charge in [0.2, 0.25) is 0 Å². The van der Waals surface area contributed by atoms with Gasteiger partial charge in [0.05, 0.1) is 11.4 Å². The smallest absolute Gasteiger partial charge is 0.194 e.